The highest BCUT2D eigenvalue weighted by molar-refractivity contribution is 4.82. The number of rotatable bonds is 1. The van der Waals surface area contributed by atoms with Crippen LogP contribution in [0, 0.1) is 0 Å². The fraction of sp³-hybridized carbons (Fsp3) is 1.00. The Morgan fingerprint density at radius 1 is 1.30 bits per heavy atom. The monoisotopic (exact) mass is 141 g/mol. The lowest BCUT2D eigenvalue weighted by Gasteiger charge is -2.39. The maximum Gasteiger partial charge on any atom is 0.0840 e. The largest absolute Gasteiger partial charge is 0.291 e. The van der Waals surface area contributed by atoms with Gasteiger partial charge in [0.25, 0.3) is 0 Å². The van der Waals surface area contributed by atoms with Crippen molar-refractivity contribution in [3.05, 3.63) is 0 Å². The van der Waals surface area contributed by atoms with Gasteiger partial charge in [0.2, 0.25) is 0 Å². The van der Waals surface area contributed by atoms with E-state index in [0.717, 1.165) is 6.54 Å². The van der Waals surface area contributed by atoms with Crippen LogP contribution >= 0.6 is 0 Å². The zero-order chi connectivity index (χ0) is 7.61. The molecule has 0 saturated carbocycles. The Balaban J connectivity index is 2.48. The Morgan fingerprint density at radius 3 is 2.30 bits per heavy atom. The van der Waals surface area contributed by atoms with E-state index in [-0.39, 0.29) is 5.66 Å². The van der Waals surface area contributed by atoms with Gasteiger partial charge in [0.15, 0.2) is 0 Å². The van der Waals surface area contributed by atoms with Crippen molar-refractivity contribution in [3.63, 3.8) is 0 Å². The molecule has 0 amide bonds. The van der Waals surface area contributed by atoms with Crippen molar-refractivity contribution in [3.8, 4) is 0 Å². The molecule has 2 heteroatoms. The van der Waals surface area contributed by atoms with E-state index in [1.807, 2.05) is 0 Å². The Labute approximate surface area is 63.6 Å². The van der Waals surface area contributed by atoms with Crippen molar-refractivity contribution in [2.75, 3.05) is 20.6 Å². The minimum atomic E-state index is 0.137. The summed E-state index contributed by atoms with van der Waals surface area (Å²) in [6.45, 7) is 3.26. The third-order valence-corrected chi connectivity index (χ3v) is 2.47. The molecular weight excluding hydrogens is 124 g/mol. The summed E-state index contributed by atoms with van der Waals surface area (Å²) < 4.78 is 0. The molecule has 0 aromatic heterocycles. The molecule has 0 aromatic carbocycles. The van der Waals surface area contributed by atoms with Crippen LogP contribution in [0.25, 0.3) is 0 Å². The predicted octanol–water partition coefficient (Wildman–Crippen LogP) is 1.05. The molecule has 10 heavy (non-hydrogen) atoms. The lowest BCUT2D eigenvalue weighted by molar-refractivity contribution is 0.0902. The smallest absolute Gasteiger partial charge is 0.0840 e. The van der Waals surface area contributed by atoms with Gasteiger partial charge in [-0.25, -0.2) is 5.32 Å². The highest BCUT2D eigenvalue weighted by Gasteiger charge is 2.29. The zero-order valence-electron chi connectivity index (χ0n) is 7.22. The van der Waals surface area contributed by atoms with Gasteiger partial charge >= 0.3 is 0 Å². The van der Waals surface area contributed by atoms with Crippen molar-refractivity contribution in [1.29, 1.82) is 0 Å². The lowest BCUT2D eigenvalue weighted by atomic mass is 9.99. The van der Waals surface area contributed by atoms with Crippen LogP contribution in [0.15, 0.2) is 0 Å². The summed E-state index contributed by atoms with van der Waals surface area (Å²) in [7, 11) is 4.21. The summed E-state index contributed by atoms with van der Waals surface area (Å²) in [6, 6.07) is 0. The first-order chi connectivity index (χ1) is 4.65. The Morgan fingerprint density at radius 2 is 2.00 bits per heavy atom. The Hall–Kier alpha value is -0.0800. The van der Waals surface area contributed by atoms with E-state index in [1.54, 1.807) is 0 Å². The Kier molecular flexibility index (Phi) is 2.32. The van der Waals surface area contributed by atoms with Crippen molar-refractivity contribution in [2.24, 2.45) is 0 Å². The maximum absolute atomic E-state index is 4.59. The molecule has 0 N–H and O–H groups in total. The molecule has 2 nitrogen and oxygen atoms in total. The molecule has 1 heterocycles. The fourth-order valence-corrected chi connectivity index (χ4v) is 1.34. The van der Waals surface area contributed by atoms with E-state index in [1.165, 1.54) is 19.3 Å². The predicted molar refractivity (Wildman–Crippen MR) is 42.9 cm³/mol. The van der Waals surface area contributed by atoms with E-state index >= 15 is 0 Å². The van der Waals surface area contributed by atoms with Gasteiger partial charge in [0.05, 0.1) is 5.66 Å². The van der Waals surface area contributed by atoms with E-state index < -0.39 is 0 Å². The van der Waals surface area contributed by atoms with Crippen molar-refractivity contribution in [2.45, 2.75) is 31.8 Å². The third kappa shape index (κ3) is 1.50. The van der Waals surface area contributed by atoms with E-state index in [2.05, 4.69) is 31.2 Å². The molecule has 59 valence electrons. The van der Waals surface area contributed by atoms with Gasteiger partial charge in [-0.1, -0.05) is 0 Å². The van der Waals surface area contributed by atoms with Crippen molar-refractivity contribution < 1.29 is 0 Å². The molecule has 1 radical (unpaired) electrons. The highest BCUT2D eigenvalue weighted by Crippen LogP contribution is 2.21. The minimum Gasteiger partial charge on any atom is -0.291 e. The van der Waals surface area contributed by atoms with Gasteiger partial charge in [-0.05, 0) is 40.3 Å². The molecule has 1 unspecified atom stereocenters. The first kappa shape index (κ1) is 8.02. The average molecular weight is 141 g/mol. The lowest BCUT2D eigenvalue weighted by Crippen LogP contribution is -2.51. The van der Waals surface area contributed by atoms with Crippen LogP contribution in [0.2, 0.25) is 0 Å². The van der Waals surface area contributed by atoms with E-state index in [0.29, 0.717) is 0 Å². The summed E-state index contributed by atoms with van der Waals surface area (Å²) >= 11 is 0. The van der Waals surface area contributed by atoms with Crippen LogP contribution < -0.4 is 5.32 Å². The molecule has 1 rings (SSSR count). The van der Waals surface area contributed by atoms with Gasteiger partial charge in [0, 0.05) is 6.54 Å². The molecule has 1 aliphatic rings. The van der Waals surface area contributed by atoms with Crippen LogP contribution in [0.4, 0.5) is 0 Å². The van der Waals surface area contributed by atoms with Crippen LogP contribution in [-0.2, 0) is 0 Å². The molecule has 0 aliphatic carbocycles. The van der Waals surface area contributed by atoms with E-state index in [9.17, 15) is 0 Å². The zero-order valence-corrected chi connectivity index (χ0v) is 7.22. The molecule has 1 saturated heterocycles. The van der Waals surface area contributed by atoms with Crippen LogP contribution in [-0.4, -0.2) is 31.2 Å². The second kappa shape index (κ2) is 2.89. The summed E-state index contributed by atoms with van der Waals surface area (Å²) in [5.74, 6) is 0. The molecule has 0 bridgehead atoms. The second-order valence-electron chi connectivity index (χ2n) is 3.45. The van der Waals surface area contributed by atoms with Gasteiger partial charge in [-0.15, -0.1) is 0 Å². The quantitative estimate of drug-likeness (QED) is 0.533. The minimum absolute atomic E-state index is 0.137. The van der Waals surface area contributed by atoms with Gasteiger partial charge in [-0.3, -0.25) is 4.90 Å². The van der Waals surface area contributed by atoms with Gasteiger partial charge in [-0.2, -0.15) is 0 Å². The summed E-state index contributed by atoms with van der Waals surface area (Å²) in [5, 5.41) is 4.59. The number of piperidine rings is 1. The van der Waals surface area contributed by atoms with Crippen LogP contribution in [0.1, 0.15) is 26.2 Å². The topological polar surface area (TPSA) is 17.3 Å². The standard InChI is InChI=1S/C8H17N2/c1-8(10(2)3)6-4-5-7-9-8/h4-7H2,1-3H3. The molecule has 0 aromatic rings. The molecule has 1 aliphatic heterocycles. The summed E-state index contributed by atoms with van der Waals surface area (Å²) in [4.78, 5) is 2.21. The van der Waals surface area contributed by atoms with Crippen LogP contribution in [0.5, 0.6) is 0 Å². The van der Waals surface area contributed by atoms with Crippen molar-refractivity contribution >= 4 is 0 Å². The number of nitrogens with zero attached hydrogens (tertiary/aromatic N) is 2. The molecule has 1 atom stereocenters. The molecule has 1 fully saturated rings. The maximum atomic E-state index is 4.59. The number of hydrogen-bond donors (Lipinski definition) is 0. The normalized spacial score (nSPS) is 34.8. The van der Waals surface area contributed by atoms with Crippen LogP contribution in [0.3, 0.4) is 0 Å². The Bertz CT molecular complexity index is 104. The molecule has 0 spiro atoms. The first-order valence-electron chi connectivity index (χ1n) is 4.01. The SMILES string of the molecule is CN(C)C1(C)CCCC[N]1. The van der Waals surface area contributed by atoms with E-state index in [4.69, 9.17) is 0 Å². The average Bonchev–Trinajstić information content (AvgIpc) is 1.89. The highest BCUT2D eigenvalue weighted by atomic mass is 15.3. The fourth-order valence-electron chi connectivity index (χ4n) is 1.34. The van der Waals surface area contributed by atoms with Gasteiger partial charge < -0.3 is 0 Å². The first-order valence-corrected chi connectivity index (χ1v) is 4.01. The third-order valence-electron chi connectivity index (χ3n) is 2.47. The van der Waals surface area contributed by atoms with Crippen molar-refractivity contribution in [1.82, 2.24) is 10.2 Å². The summed E-state index contributed by atoms with van der Waals surface area (Å²) in [5.41, 5.74) is 0.137. The van der Waals surface area contributed by atoms with Gasteiger partial charge in [0.1, 0.15) is 0 Å². The summed E-state index contributed by atoms with van der Waals surface area (Å²) in [6.07, 6.45) is 3.83. The second-order valence-corrected chi connectivity index (χ2v) is 3.45. The number of hydrogen-bond acceptors (Lipinski definition) is 1. The molecular formula is C8H17N2.